The van der Waals surface area contributed by atoms with Crippen molar-refractivity contribution in [1.29, 1.82) is 0 Å². The molecule has 0 saturated carbocycles. The van der Waals surface area contributed by atoms with E-state index in [0.717, 1.165) is 0 Å². The number of alkyl halides is 2. The van der Waals surface area contributed by atoms with Crippen molar-refractivity contribution < 1.29 is 8.78 Å². The molecule has 1 atom stereocenters. The summed E-state index contributed by atoms with van der Waals surface area (Å²) < 4.78 is 22.9. The second kappa shape index (κ2) is 3.99. The Morgan fingerprint density at radius 2 is 2.29 bits per heavy atom. The maximum absolute atomic E-state index is 11.8. The van der Waals surface area contributed by atoms with Gasteiger partial charge in [0.25, 0.3) is 0 Å². The molecule has 0 fully saturated rings. The Balaban J connectivity index is 2.83. The Hall–Kier alpha value is -0.180. The summed E-state index contributed by atoms with van der Waals surface area (Å²) in [5.74, 6) is 0. The largest absolute Gasteiger partial charge is 0.261 e. The molecule has 44 valence electrons. The smallest absolute Gasteiger partial charge is 0.152 e. The summed E-state index contributed by atoms with van der Waals surface area (Å²) in [5.41, 5.74) is 0. The van der Waals surface area contributed by atoms with Gasteiger partial charge in [0.2, 0.25) is 0 Å². The fraction of sp³-hybridized carbons (Fsp3) is 1.00. The van der Waals surface area contributed by atoms with Gasteiger partial charge in [0.15, 0.2) is 6.30 Å². The molecular formula is C4H9F2N. The fourth-order valence-corrected chi connectivity index (χ4v) is 0.228. The number of rotatable bonds is 3. The van der Waals surface area contributed by atoms with Crippen molar-refractivity contribution in [2.45, 2.75) is 19.6 Å². The van der Waals surface area contributed by atoms with Gasteiger partial charge in [-0.2, -0.15) is 0 Å². The van der Waals surface area contributed by atoms with Gasteiger partial charge in [0.1, 0.15) is 6.80 Å². The first kappa shape index (κ1) is 6.82. The lowest BCUT2D eigenvalue weighted by molar-refractivity contribution is 0.230. The lowest BCUT2D eigenvalue weighted by atomic mass is 10.5. The van der Waals surface area contributed by atoms with Gasteiger partial charge < -0.3 is 0 Å². The molecule has 0 aromatic heterocycles. The molecule has 0 aromatic carbocycles. The Bertz CT molecular complexity index is 40.7. The zero-order valence-electron chi connectivity index (χ0n) is 4.25. The van der Waals surface area contributed by atoms with Crippen LogP contribution in [0.2, 0.25) is 0 Å². The molecule has 0 radical (unpaired) electrons. The predicted octanol–water partition coefficient (Wildman–Crippen LogP) is 1.21. The summed E-state index contributed by atoms with van der Waals surface area (Å²) in [4.78, 5) is 0. The van der Waals surface area contributed by atoms with Crippen molar-refractivity contribution in [3.8, 4) is 0 Å². The lowest BCUT2D eigenvalue weighted by Gasteiger charge is -2.00. The van der Waals surface area contributed by atoms with Crippen LogP contribution in [0.15, 0.2) is 0 Å². The minimum absolute atomic E-state index is 0.323. The third-order valence-electron chi connectivity index (χ3n) is 0.657. The van der Waals surface area contributed by atoms with Crippen LogP contribution >= 0.6 is 0 Å². The van der Waals surface area contributed by atoms with Gasteiger partial charge in [-0.25, -0.2) is 8.78 Å². The van der Waals surface area contributed by atoms with Crippen LogP contribution in [-0.2, 0) is 0 Å². The molecule has 1 nitrogen and oxygen atoms in total. The molecule has 0 rings (SSSR count). The van der Waals surface area contributed by atoms with Gasteiger partial charge >= 0.3 is 0 Å². The van der Waals surface area contributed by atoms with Crippen LogP contribution in [0.5, 0.6) is 0 Å². The van der Waals surface area contributed by atoms with E-state index >= 15 is 0 Å². The fourth-order valence-electron chi connectivity index (χ4n) is 0.228. The van der Waals surface area contributed by atoms with Gasteiger partial charge in [-0.15, -0.1) is 0 Å². The van der Waals surface area contributed by atoms with E-state index in [1.54, 1.807) is 6.92 Å². The Labute approximate surface area is 41.7 Å². The number of hydrogen-bond acceptors (Lipinski definition) is 1. The maximum atomic E-state index is 11.8. The van der Waals surface area contributed by atoms with Crippen molar-refractivity contribution in [3.63, 3.8) is 0 Å². The van der Waals surface area contributed by atoms with Crippen LogP contribution in [0.3, 0.4) is 0 Å². The van der Waals surface area contributed by atoms with E-state index in [2.05, 4.69) is 0 Å². The molecule has 0 aromatic rings. The standard InChI is InChI=1S/C4H9F2N/c1-2-4(6)7-3-5/h4,7H,2-3H2,1H3. The second-order valence-corrected chi connectivity index (χ2v) is 1.21. The van der Waals surface area contributed by atoms with E-state index in [-0.39, 0.29) is 0 Å². The summed E-state index contributed by atoms with van der Waals surface area (Å²) in [6.07, 6.45) is -0.853. The summed E-state index contributed by atoms with van der Waals surface area (Å²) in [6, 6.07) is 0. The van der Waals surface area contributed by atoms with Crippen molar-refractivity contribution in [2.24, 2.45) is 0 Å². The van der Waals surface area contributed by atoms with Crippen LogP contribution in [0.25, 0.3) is 0 Å². The molecule has 0 amide bonds. The number of hydrogen-bond donors (Lipinski definition) is 1. The van der Waals surface area contributed by atoms with Gasteiger partial charge in [-0.3, -0.25) is 5.32 Å². The average molecular weight is 109 g/mol. The van der Waals surface area contributed by atoms with Crippen LogP contribution in [-0.4, -0.2) is 13.1 Å². The highest BCUT2D eigenvalue weighted by atomic mass is 19.1. The van der Waals surface area contributed by atoms with Gasteiger partial charge in [0.05, 0.1) is 0 Å². The van der Waals surface area contributed by atoms with Crippen molar-refractivity contribution in [3.05, 3.63) is 0 Å². The highest BCUT2D eigenvalue weighted by Gasteiger charge is 1.96. The summed E-state index contributed by atoms with van der Waals surface area (Å²) in [5, 5.41) is 1.96. The molecule has 1 N–H and O–H groups in total. The van der Waals surface area contributed by atoms with E-state index < -0.39 is 13.1 Å². The van der Waals surface area contributed by atoms with E-state index in [9.17, 15) is 8.78 Å². The molecule has 0 bridgehead atoms. The van der Waals surface area contributed by atoms with Crippen LogP contribution in [0.1, 0.15) is 13.3 Å². The lowest BCUT2D eigenvalue weighted by Crippen LogP contribution is -2.22. The average Bonchev–Trinajstić information content (AvgIpc) is 1.68. The molecular weight excluding hydrogens is 100 g/mol. The Morgan fingerprint density at radius 3 is 2.43 bits per heavy atom. The normalized spacial score (nSPS) is 14.1. The molecule has 0 heterocycles. The molecule has 0 aliphatic carbocycles. The Morgan fingerprint density at radius 1 is 1.71 bits per heavy atom. The van der Waals surface area contributed by atoms with Gasteiger partial charge in [0, 0.05) is 0 Å². The summed E-state index contributed by atoms with van der Waals surface area (Å²) >= 11 is 0. The number of nitrogens with one attached hydrogen (secondary N) is 1. The van der Waals surface area contributed by atoms with E-state index in [0.29, 0.717) is 6.42 Å². The topological polar surface area (TPSA) is 12.0 Å². The molecule has 0 saturated heterocycles. The van der Waals surface area contributed by atoms with E-state index in [1.807, 2.05) is 5.32 Å². The maximum Gasteiger partial charge on any atom is 0.152 e. The van der Waals surface area contributed by atoms with E-state index in [1.165, 1.54) is 0 Å². The zero-order valence-corrected chi connectivity index (χ0v) is 4.25. The molecule has 0 aliphatic rings. The highest BCUT2D eigenvalue weighted by molar-refractivity contribution is 4.42. The first-order chi connectivity index (χ1) is 3.31. The zero-order chi connectivity index (χ0) is 5.70. The third-order valence-corrected chi connectivity index (χ3v) is 0.657. The SMILES string of the molecule is CCC(F)NCF. The summed E-state index contributed by atoms with van der Waals surface area (Å²) in [7, 11) is 0. The minimum Gasteiger partial charge on any atom is -0.261 e. The minimum atomic E-state index is -1.18. The molecule has 1 unspecified atom stereocenters. The van der Waals surface area contributed by atoms with Crippen LogP contribution in [0.4, 0.5) is 8.78 Å². The highest BCUT2D eigenvalue weighted by Crippen LogP contribution is 1.88. The first-order valence-electron chi connectivity index (χ1n) is 2.24. The first-order valence-corrected chi connectivity index (χ1v) is 2.24. The van der Waals surface area contributed by atoms with E-state index in [4.69, 9.17) is 0 Å². The van der Waals surface area contributed by atoms with Gasteiger partial charge in [-0.1, -0.05) is 6.92 Å². The van der Waals surface area contributed by atoms with Gasteiger partial charge in [-0.05, 0) is 6.42 Å². The predicted molar refractivity (Wildman–Crippen MR) is 24.3 cm³/mol. The second-order valence-electron chi connectivity index (χ2n) is 1.21. The van der Waals surface area contributed by atoms with Crippen molar-refractivity contribution in [2.75, 3.05) is 6.80 Å². The van der Waals surface area contributed by atoms with Crippen molar-refractivity contribution >= 4 is 0 Å². The molecule has 3 heteroatoms. The quantitative estimate of drug-likeness (QED) is 0.537. The molecule has 7 heavy (non-hydrogen) atoms. The van der Waals surface area contributed by atoms with Crippen molar-refractivity contribution in [1.82, 2.24) is 5.32 Å². The van der Waals surface area contributed by atoms with Crippen LogP contribution < -0.4 is 5.32 Å². The number of halogens is 2. The monoisotopic (exact) mass is 109 g/mol. The molecule has 0 spiro atoms. The molecule has 0 aliphatic heterocycles. The Kier molecular flexibility index (Phi) is 3.89. The van der Waals surface area contributed by atoms with Crippen LogP contribution in [0, 0.1) is 0 Å². The summed E-state index contributed by atoms with van der Waals surface area (Å²) in [6.45, 7) is 0.863. The third kappa shape index (κ3) is 3.66.